The Morgan fingerprint density at radius 2 is 1.33 bits per heavy atom. The summed E-state index contributed by atoms with van der Waals surface area (Å²) in [4.78, 5) is 40.8. The lowest BCUT2D eigenvalue weighted by Crippen LogP contribution is -2.56. The number of hydrogen-bond acceptors (Lipinski definition) is 7. The molecule has 0 aliphatic carbocycles. The number of carboxylic acids is 1. The molecule has 0 saturated carbocycles. The molecule has 13 heteroatoms. The van der Waals surface area contributed by atoms with Gasteiger partial charge in [-0.15, -0.1) is 13.2 Å². The van der Waals surface area contributed by atoms with Gasteiger partial charge in [-0.1, -0.05) is 65.0 Å². The number of amides is 2. The highest BCUT2D eigenvalue weighted by atomic mass is 19.4. The fraction of sp³-hybridized carbons (Fsp3) is 0.341. The van der Waals surface area contributed by atoms with Crippen molar-refractivity contribution in [3.05, 3.63) is 113 Å². The molecule has 286 valence electrons. The lowest BCUT2D eigenvalue weighted by molar-refractivity contribution is -0.274. The van der Waals surface area contributed by atoms with Gasteiger partial charge in [-0.2, -0.15) is 0 Å². The number of carboxylic acid groups (broad SMARTS) is 1. The summed E-state index contributed by atoms with van der Waals surface area (Å²) in [6.45, 7) is 10.4. The number of ether oxygens (including phenoxy) is 4. The van der Waals surface area contributed by atoms with E-state index >= 15 is 0 Å². The molecule has 10 nitrogen and oxygen atoms in total. The number of carbonyl (C=O) groups excluding carboxylic acids is 2. The van der Waals surface area contributed by atoms with Gasteiger partial charge < -0.3 is 29.4 Å². The molecule has 54 heavy (non-hydrogen) atoms. The van der Waals surface area contributed by atoms with E-state index in [1.54, 1.807) is 30.3 Å². The minimum atomic E-state index is -4.81. The largest absolute Gasteiger partial charge is 0.573 e. The number of fused-ring (bicyclic) bond motifs is 1. The van der Waals surface area contributed by atoms with Crippen molar-refractivity contribution in [1.29, 1.82) is 0 Å². The molecule has 0 saturated heterocycles. The van der Waals surface area contributed by atoms with Crippen LogP contribution in [0.5, 0.6) is 28.7 Å². The second-order valence-corrected chi connectivity index (χ2v) is 14.5. The summed E-state index contributed by atoms with van der Waals surface area (Å²) in [6, 6.07) is 22.2. The van der Waals surface area contributed by atoms with Crippen LogP contribution in [0.2, 0.25) is 0 Å². The number of rotatable bonds is 12. The first kappa shape index (κ1) is 39.5. The maximum absolute atomic E-state index is 13.8. The monoisotopic (exact) mass is 748 g/mol. The molecule has 2 amide bonds. The normalized spacial score (nSPS) is 14.8. The van der Waals surface area contributed by atoms with Crippen LogP contribution in [0.25, 0.3) is 0 Å². The predicted molar refractivity (Wildman–Crippen MR) is 194 cm³/mol. The van der Waals surface area contributed by atoms with Crippen LogP contribution in [0, 0.1) is 5.92 Å². The molecule has 5 rings (SSSR count). The molecule has 2 atom stereocenters. The summed E-state index contributed by atoms with van der Waals surface area (Å²) in [7, 11) is 0. The maximum Gasteiger partial charge on any atom is 0.573 e. The van der Waals surface area contributed by atoms with E-state index in [2.05, 4.69) is 30.8 Å². The zero-order valence-corrected chi connectivity index (χ0v) is 30.6. The summed E-state index contributed by atoms with van der Waals surface area (Å²) < 4.78 is 58.5. The van der Waals surface area contributed by atoms with Crippen LogP contribution >= 0.6 is 0 Å². The fourth-order valence-corrected chi connectivity index (χ4v) is 5.77. The fourth-order valence-electron chi connectivity index (χ4n) is 5.77. The molecule has 4 aromatic rings. The first-order valence-corrected chi connectivity index (χ1v) is 17.4. The van der Waals surface area contributed by atoms with Crippen molar-refractivity contribution in [3.63, 3.8) is 0 Å². The van der Waals surface area contributed by atoms with Gasteiger partial charge in [0.1, 0.15) is 40.8 Å². The number of nitrogens with zero attached hydrogens (tertiary/aromatic N) is 1. The Morgan fingerprint density at radius 1 is 0.796 bits per heavy atom. The van der Waals surface area contributed by atoms with Crippen molar-refractivity contribution in [2.45, 2.75) is 77.9 Å². The molecule has 1 aliphatic heterocycles. The molecule has 0 bridgehead atoms. The molecule has 0 unspecified atom stereocenters. The molecule has 0 radical (unpaired) electrons. The van der Waals surface area contributed by atoms with E-state index in [1.807, 2.05) is 50.2 Å². The van der Waals surface area contributed by atoms with Gasteiger partial charge in [0.2, 0.25) is 5.91 Å². The van der Waals surface area contributed by atoms with Gasteiger partial charge in [0.15, 0.2) is 0 Å². The van der Waals surface area contributed by atoms with Gasteiger partial charge in [-0.3, -0.25) is 9.69 Å². The standard InChI is InChI=1S/C41H43F3N2O8/c1-25(2)24-51-39(50)46-23-28-21-34(53-31-14-9-29(10-15-31)40(3,4)5)13-8-27(28)22-36(46)37(47)45-35(38(48)49)20-26-6-11-30(12-7-26)52-32-16-18-33(19-17-32)54-41(42,43)44/h6-19,21,25,35-36H,20,22-24H2,1-5H3,(H,45,47)(H,48,49)/t35-,36-/m0/s1. The SMILES string of the molecule is CC(C)COC(=O)N1Cc2cc(Oc3ccc(C(C)(C)C)cc3)ccc2C[C@H]1C(=O)N[C@@H](Cc1ccc(Oc2ccc(OC(F)(F)F)cc2)cc1)C(=O)O. The molecule has 1 heterocycles. The van der Waals surface area contributed by atoms with Gasteiger partial charge in [-0.25, -0.2) is 9.59 Å². The highest BCUT2D eigenvalue weighted by molar-refractivity contribution is 5.90. The lowest BCUT2D eigenvalue weighted by atomic mass is 9.87. The van der Waals surface area contributed by atoms with E-state index in [-0.39, 0.29) is 43.1 Å². The third-order valence-electron chi connectivity index (χ3n) is 8.61. The number of hydrogen-bond donors (Lipinski definition) is 2. The third kappa shape index (κ3) is 10.9. The first-order chi connectivity index (χ1) is 25.4. The summed E-state index contributed by atoms with van der Waals surface area (Å²) >= 11 is 0. The minimum Gasteiger partial charge on any atom is -0.480 e. The van der Waals surface area contributed by atoms with Crippen molar-refractivity contribution >= 4 is 18.0 Å². The Balaban J connectivity index is 1.27. The van der Waals surface area contributed by atoms with Crippen LogP contribution in [-0.2, 0) is 39.1 Å². The van der Waals surface area contributed by atoms with Crippen LogP contribution in [0.15, 0.2) is 91.0 Å². The molecule has 0 aromatic heterocycles. The van der Waals surface area contributed by atoms with E-state index < -0.39 is 42.2 Å². The maximum atomic E-state index is 13.8. The van der Waals surface area contributed by atoms with Gasteiger partial charge >= 0.3 is 18.4 Å². The van der Waals surface area contributed by atoms with Crippen LogP contribution in [0.3, 0.4) is 0 Å². The predicted octanol–water partition coefficient (Wildman–Crippen LogP) is 8.80. The smallest absolute Gasteiger partial charge is 0.480 e. The average Bonchev–Trinajstić information content (AvgIpc) is 3.10. The average molecular weight is 749 g/mol. The van der Waals surface area contributed by atoms with Crippen molar-refractivity contribution in [3.8, 4) is 28.7 Å². The zero-order chi connectivity index (χ0) is 39.2. The van der Waals surface area contributed by atoms with Crippen molar-refractivity contribution < 1.29 is 51.6 Å². The van der Waals surface area contributed by atoms with Crippen molar-refractivity contribution in [2.75, 3.05) is 6.61 Å². The molecule has 4 aromatic carbocycles. The quantitative estimate of drug-likeness (QED) is 0.147. The Kier molecular flexibility index (Phi) is 12.1. The Hall–Kier alpha value is -5.72. The number of nitrogens with one attached hydrogen (secondary N) is 1. The summed E-state index contributed by atoms with van der Waals surface area (Å²) in [5, 5.41) is 12.7. The molecular weight excluding hydrogens is 705 g/mol. The van der Waals surface area contributed by atoms with Crippen LogP contribution in [-0.4, -0.2) is 53.0 Å². The van der Waals surface area contributed by atoms with Crippen LogP contribution < -0.4 is 19.5 Å². The molecule has 0 fully saturated rings. The van der Waals surface area contributed by atoms with Gasteiger partial charge in [-0.05, 0) is 94.3 Å². The van der Waals surface area contributed by atoms with E-state index in [1.165, 1.54) is 22.6 Å². The number of alkyl halides is 3. The molecular formula is C41H43F3N2O8. The summed E-state index contributed by atoms with van der Waals surface area (Å²) in [5.74, 6) is -0.438. The van der Waals surface area contributed by atoms with Crippen LogP contribution in [0.1, 0.15) is 56.9 Å². The zero-order valence-electron chi connectivity index (χ0n) is 30.6. The van der Waals surface area contributed by atoms with Crippen molar-refractivity contribution in [2.24, 2.45) is 5.92 Å². The van der Waals surface area contributed by atoms with Crippen molar-refractivity contribution in [1.82, 2.24) is 10.2 Å². The lowest BCUT2D eigenvalue weighted by Gasteiger charge is -2.36. The summed E-state index contributed by atoms with van der Waals surface area (Å²) in [6.07, 6.45) is -5.46. The second kappa shape index (κ2) is 16.5. The first-order valence-electron chi connectivity index (χ1n) is 17.4. The molecule has 2 N–H and O–H groups in total. The van der Waals surface area contributed by atoms with Crippen LogP contribution in [0.4, 0.5) is 18.0 Å². The number of halogens is 3. The Labute approximate surface area is 311 Å². The highest BCUT2D eigenvalue weighted by Gasteiger charge is 2.38. The Bertz CT molecular complexity index is 1920. The number of benzene rings is 4. The van der Waals surface area contributed by atoms with E-state index in [0.29, 0.717) is 22.8 Å². The molecule has 1 aliphatic rings. The minimum absolute atomic E-state index is 0.00582. The molecule has 0 spiro atoms. The number of carbonyl (C=O) groups is 3. The topological polar surface area (TPSA) is 124 Å². The second-order valence-electron chi connectivity index (χ2n) is 14.5. The Morgan fingerprint density at radius 3 is 1.89 bits per heavy atom. The van der Waals surface area contributed by atoms with Gasteiger partial charge in [0, 0.05) is 12.8 Å². The van der Waals surface area contributed by atoms with Gasteiger partial charge in [0.25, 0.3) is 0 Å². The third-order valence-corrected chi connectivity index (χ3v) is 8.61. The number of aliphatic carboxylic acids is 1. The van der Waals surface area contributed by atoms with E-state index in [4.69, 9.17) is 14.2 Å². The van der Waals surface area contributed by atoms with E-state index in [9.17, 15) is 32.7 Å². The highest BCUT2D eigenvalue weighted by Crippen LogP contribution is 2.32. The van der Waals surface area contributed by atoms with Gasteiger partial charge in [0.05, 0.1) is 13.2 Å². The van der Waals surface area contributed by atoms with E-state index in [0.717, 1.165) is 23.3 Å². The summed E-state index contributed by atoms with van der Waals surface area (Å²) in [5.41, 5.74) is 3.30.